The van der Waals surface area contributed by atoms with Gasteiger partial charge in [0.1, 0.15) is 0 Å². The van der Waals surface area contributed by atoms with Gasteiger partial charge in [0.15, 0.2) is 0 Å². The van der Waals surface area contributed by atoms with Gasteiger partial charge in [-0.15, -0.1) is 0 Å². The Bertz CT molecular complexity index is 332. The molecule has 3 unspecified atom stereocenters. The molecule has 0 amide bonds. The van der Waals surface area contributed by atoms with Gasteiger partial charge in [-0.3, -0.25) is 0 Å². The van der Waals surface area contributed by atoms with Gasteiger partial charge < -0.3 is 0 Å². The zero-order chi connectivity index (χ0) is 10.8. The van der Waals surface area contributed by atoms with Gasteiger partial charge in [-0.25, -0.2) is 0 Å². The van der Waals surface area contributed by atoms with Crippen LogP contribution in [-0.4, -0.2) is 0 Å². The van der Waals surface area contributed by atoms with E-state index in [2.05, 4.69) is 30.4 Å². The Hall–Kier alpha value is -0.780. The lowest BCUT2D eigenvalue weighted by Gasteiger charge is -2.34. The van der Waals surface area contributed by atoms with E-state index >= 15 is 0 Å². The van der Waals surface area contributed by atoms with Crippen molar-refractivity contribution in [3.8, 4) is 0 Å². The lowest BCUT2D eigenvalue weighted by molar-refractivity contribution is 0.363. The monoisotopic (exact) mass is 214 g/mol. The minimum atomic E-state index is 0.872. The molecule has 16 heavy (non-hydrogen) atoms. The summed E-state index contributed by atoms with van der Waals surface area (Å²) in [4.78, 5) is 0. The van der Waals surface area contributed by atoms with Crippen LogP contribution in [0, 0.1) is 17.8 Å². The minimum Gasteiger partial charge on any atom is -0.0885 e. The van der Waals surface area contributed by atoms with E-state index < -0.39 is 0 Å². The van der Waals surface area contributed by atoms with E-state index in [9.17, 15) is 0 Å². The predicted octanol–water partition coefficient (Wildman–Crippen LogP) is 4.65. The van der Waals surface area contributed by atoms with Gasteiger partial charge >= 0.3 is 0 Å². The van der Waals surface area contributed by atoms with Gasteiger partial charge in [-0.2, -0.15) is 0 Å². The van der Waals surface area contributed by atoms with Crippen molar-refractivity contribution in [1.29, 1.82) is 0 Å². The summed E-state index contributed by atoms with van der Waals surface area (Å²) in [6, 6.07) is 0. The van der Waals surface area contributed by atoms with Crippen LogP contribution in [0.5, 0.6) is 0 Å². The maximum atomic E-state index is 2.65. The molecule has 0 fully saturated rings. The standard InChI is InChI=1S/C16H22/c1-2-6-13(7-3-1)16-11-10-14-8-4-5-9-15(14)12-16/h1-2,4,8,12-15H,3,5-7,9-11H2. The first-order valence-corrected chi connectivity index (χ1v) is 6.96. The van der Waals surface area contributed by atoms with Crippen molar-refractivity contribution < 1.29 is 0 Å². The summed E-state index contributed by atoms with van der Waals surface area (Å²) in [6.07, 6.45) is 21.7. The first-order chi connectivity index (χ1) is 7.93. The van der Waals surface area contributed by atoms with E-state index in [-0.39, 0.29) is 0 Å². The molecule has 3 aliphatic rings. The van der Waals surface area contributed by atoms with E-state index in [0.29, 0.717) is 0 Å². The van der Waals surface area contributed by atoms with E-state index in [4.69, 9.17) is 0 Å². The molecule has 86 valence electrons. The zero-order valence-corrected chi connectivity index (χ0v) is 10.1. The fraction of sp³-hybridized carbons (Fsp3) is 0.625. The molecule has 0 heterocycles. The molecule has 0 N–H and O–H groups in total. The van der Waals surface area contributed by atoms with Gasteiger partial charge in [-0.05, 0) is 62.7 Å². The third-order valence-electron chi connectivity index (χ3n) is 4.59. The van der Waals surface area contributed by atoms with Crippen LogP contribution in [0.4, 0.5) is 0 Å². The molecule has 0 aromatic carbocycles. The minimum absolute atomic E-state index is 0.872. The number of fused-ring (bicyclic) bond motifs is 1. The summed E-state index contributed by atoms with van der Waals surface area (Å²) in [5, 5.41) is 0. The van der Waals surface area contributed by atoms with Crippen LogP contribution < -0.4 is 0 Å². The molecule has 0 aliphatic heterocycles. The second-order valence-corrected chi connectivity index (χ2v) is 5.59. The van der Waals surface area contributed by atoms with Crippen LogP contribution >= 0.6 is 0 Å². The van der Waals surface area contributed by atoms with Gasteiger partial charge in [0, 0.05) is 0 Å². The normalized spacial score (nSPS) is 38.0. The fourth-order valence-electron chi connectivity index (χ4n) is 3.60. The summed E-state index contributed by atoms with van der Waals surface area (Å²) >= 11 is 0. The average Bonchev–Trinajstić information content (AvgIpc) is 2.39. The van der Waals surface area contributed by atoms with E-state index in [1.54, 1.807) is 5.57 Å². The molecular weight excluding hydrogens is 192 g/mol. The smallest absolute Gasteiger partial charge is 0.0165 e. The maximum Gasteiger partial charge on any atom is -0.0165 e. The molecule has 3 aliphatic carbocycles. The second-order valence-electron chi connectivity index (χ2n) is 5.59. The molecule has 0 bridgehead atoms. The fourth-order valence-corrected chi connectivity index (χ4v) is 3.60. The summed E-state index contributed by atoms with van der Waals surface area (Å²) in [5.74, 6) is 2.63. The summed E-state index contributed by atoms with van der Waals surface area (Å²) in [7, 11) is 0. The third-order valence-corrected chi connectivity index (χ3v) is 4.59. The largest absolute Gasteiger partial charge is 0.0885 e. The average molecular weight is 214 g/mol. The van der Waals surface area contributed by atoms with E-state index in [0.717, 1.165) is 17.8 Å². The van der Waals surface area contributed by atoms with Gasteiger partial charge in [-0.1, -0.05) is 36.0 Å². The summed E-state index contributed by atoms with van der Waals surface area (Å²) in [6.45, 7) is 0. The van der Waals surface area contributed by atoms with Crippen LogP contribution in [0.2, 0.25) is 0 Å². The molecule has 0 saturated heterocycles. The van der Waals surface area contributed by atoms with Crippen LogP contribution in [0.3, 0.4) is 0 Å². The Morgan fingerprint density at radius 1 is 0.875 bits per heavy atom. The topological polar surface area (TPSA) is 0 Å². The van der Waals surface area contributed by atoms with Crippen molar-refractivity contribution in [1.82, 2.24) is 0 Å². The lowest BCUT2D eigenvalue weighted by atomic mass is 9.72. The number of hydrogen-bond donors (Lipinski definition) is 0. The lowest BCUT2D eigenvalue weighted by Crippen LogP contribution is -2.21. The molecule has 3 rings (SSSR count). The van der Waals surface area contributed by atoms with Crippen molar-refractivity contribution >= 4 is 0 Å². The quantitative estimate of drug-likeness (QED) is 0.558. The van der Waals surface area contributed by atoms with Crippen LogP contribution in [0.1, 0.15) is 44.9 Å². The first kappa shape index (κ1) is 10.4. The molecule has 0 radical (unpaired) electrons. The SMILES string of the molecule is C1=CCC(C2=CC3CCC=CC3CC2)CC1. The molecule has 0 nitrogen and oxygen atoms in total. The Kier molecular flexibility index (Phi) is 2.99. The number of allylic oxidation sites excluding steroid dienone is 6. The third kappa shape index (κ3) is 2.03. The van der Waals surface area contributed by atoms with Gasteiger partial charge in [0.25, 0.3) is 0 Å². The number of hydrogen-bond acceptors (Lipinski definition) is 0. The first-order valence-electron chi connectivity index (χ1n) is 6.96. The van der Waals surface area contributed by atoms with Crippen molar-refractivity contribution in [2.45, 2.75) is 44.9 Å². The highest BCUT2D eigenvalue weighted by molar-refractivity contribution is 5.19. The number of rotatable bonds is 1. The highest BCUT2D eigenvalue weighted by Gasteiger charge is 2.27. The molecule has 0 heteroatoms. The molecular formula is C16H22. The molecule has 3 atom stereocenters. The van der Waals surface area contributed by atoms with Crippen LogP contribution in [-0.2, 0) is 0 Å². The van der Waals surface area contributed by atoms with E-state index in [1.807, 2.05) is 0 Å². The molecule has 0 saturated carbocycles. The van der Waals surface area contributed by atoms with Crippen LogP contribution in [0.15, 0.2) is 36.0 Å². The maximum absolute atomic E-state index is 2.65. The highest BCUT2D eigenvalue weighted by atomic mass is 14.3. The van der Waals surface area contributed by atoms with Gasteiger partial charge in [0.05, 0.1) is 0 Å². The molecule has 0 spiro atoms. The summed E-state index contributed by atoms with van der Waals surface area (Å²) in [5.41, 5.74) is 1.79. The van der Waals surface area contributed by atoms with Gasteiger partial charge in [0.2, 0.25) is 0 Å². The van der Waals surface area contributed by atoms with Crippen molar-refractivity contribution in [3.05, 3.63) is 36.0 Å². The van der Waals surface area contributed by atoms with E-state index in [1.165, 1.54) is 44.9 Å². The van der Waals surface area contributed by atoms with Crippen molar-refractivity contribution in [2.24, 2.45) is 17.8 Å². The second kappa shape index (κ2) is 4.61. The Morgan fingerprint density at radius 2 is 1.81 bits per heavy atom. The summed E-state index contributed by atoms with van der Waals surface area (Å²) < 4.78 is 0. The van der Waals surface area contributed by atoms with Crippen molar-refractivity contribution in [2.75, 3.05) is 0 Å². The van der Waals surface area contributed by atoms with Crippen LogP contribution in [0.25, 0.3) is 0 Å². The van der Waals surface area contributed by atoms with Crippen molar-refractivity contribution in [3.63, 3.8) is 0 Å². The predicted molar refractivity (Wildman–Crippen MR) is 69.2 cm³/mol. The highest BCUT2D eigenvalue weighted by Crippen LogP contribution is 2.40. The Balaban J connectivity index is 1.74. The Labute approximate surface area is 99.1 Å². The zero-order valence-electron chi connectivity index (χ0n) is 10.1. The molecule has 0 aromatic heterocycles. The molecule has 0 aromatic rings. The Morgan fingerprint density at radius 3 is 2.69 bits per heavy atom.